The van der Waals surface area contributed by atoms with Crippen molar-refractivity contribution in [3.8, 4) is 0 Å². The van der Waals surface area contributed by atoms with Gasteiger partial charge in [-0.3, -0.25) is 0 Å². The van der Waals surface area contributed by atoms with Gasteiger partial charge in [0.15, 0.2) is 0 Å². The standard InChI is InChI=1S/2C15H24O2PS2.3Zn/c2*1-2-3-4-5-6-7-11-14-20(18(16,17)19)15-12-9-8-10-13-15;;;/h2*8-10,12-13H,2-7,11,14H2,1H3;;;/q2*-3;3*+2. The molecule has 0 saturated carbocycles. The molecule has 2 atom stereocenters. The Labute approximate surface area is 316 Å². The van der Waals surface area contributed by atoms with E-state index in [0.717, 1.165) is 35.5 Å². The van der Waals surface area contributed by atoms with Crippen LogP contribution in [-0.4, -0.2) is 11.5 Å². The van der Waals surface area contributed by atoms with Gasteiger partial charge >= 0.3 is 58.4 Å². The SMILES string of the molecule is CCCCCCCCCS(c1ccccc1)=P([O-])([O-])[S-].CCCCCCCCCS(c1ccccc1)=P([O-])([O-])[S-].[Zn+2].[Zn+2].[Zn+2]. The van der Waals surface area contributed by atoms with E-state index in [2.05, 4.69) is 13.8 Å². The Morgan fingerprint density at radius 3 is 0.977 bits per heavy atom. The van der Waals surface area contributed by atoms with E-state index in [9.17, 15) is 19.6 Å². The van der Waals surface area contributed by atoms with Gasteiger partial charge in [-0.25, -0.2) is 20.1 Å². The summed E-state index contributed by atoms with van der Waals surface area (Å²) in [5.41, 5.74) is -7.41. The van der Waals surface area contributed by atoms with Crippen molar-refractivity contribution in [3.63, 3.8) is 0 Å². The summed E-state index contributed by atoms with van der Waals surface area (Å²) in [7, 11) is -1.60. The van der Waals surface area contributed by atoms with Gasteiger partial charge < -0.3 is 55.5 Å². The van der Waals surface area contributed by atoms with Gasteiger partial charge in [-0.2, -0.15) is 0 Å². The summed E-state index contributed by atoms with van der Waals surface area (Å²) in [4.78, 5) is 48.9. The molecular formula is C30H48O4P2S4Zn3. The Morgan fingerprint density at radius 1 is 0.465 bits per heavy atom. The number of hydrogen-bond acceptors (Lipinski definition) is 6. The fraction of sp³-hybridized carbons (Fsp3) is 0.600. The van der Waals surface area contributed by atoms with Crippen LogP contribution in [0.3, 0.4) is 0 Å². The van der Waals surface area contributed by atoms with Crippen LogP contribution in [0.1, 0.15) is 104 Å². The molecule has 13 heteroatoms. The molecule has 0 N–H and O–H groups in total. The van der Waals surface area contributed by atoms with Gasteiger partial charge in [-0.15, -0.1) is 0 Å². The molecular weight excluding hydrogens is 811 g/mol. The van der Waals surface area contributed by atoms with Crippen LogP contribution in [0.15, 0.2) is 70.5 Å². The van der Waals surface area contributed by atoms with E-state index in [1.54, 1.807) is 0 Å². The average molecular weight is 859 g/mol. The predicted molar refractivity (Wildman–Crippen MR) is 178 cm³/mol. The minimum atomic E-state index is -3.70. The summed E-state index contributed by atoms with van der Waals surface area (Å²) in [5, 5.41) is 0. The molecule has 0 heterocycles. The summed E-state index contributed by atoms with van der Waals surface area (Å²) in [6.45, 7) is 4.42. The van der Waals surface area contributed by atoms with E-state index in [-0.39, 0.29) is 58.4 Å². The second kappa shape index (κ2) is 30.5. The first-order chi connectivity index (χ1) is 19.1. The van der Waals surface area contributed by atoms with E-state index in [4.69, 9.17) is 24.5 Å². The van der Waals surface area contributed by atoms with E-state index >= 15 is 0 Å². The maximum absolute atomic E-state index is 11.8. The molecule has 0 aliphatic heterocycles. The van der Waals surface area contributed by atoms with Crippen molar-refractivity contribution < 1.29 is 78.0 Å². The Balaban J connectivity index is -0.000000696. The molecule has 0 amide bonds. The Morgan fingerprint density at radius 2 is 0.721 bits per heavy atom. The quantitative estimate of drug-likeness (QED) is 0.0717. The van der Waals surface area contributed by atoms with Crippen molar-refractivity contribution in [3.05, 3.63) is 60.7 Å². The zero-order valence-corrected chi connectivity index (χ0v) is 40.3. The van der Waals surface area contributed by atoms with Gasteiger partial charge in [-0.1, -0.05) is 127 Å². The van der Waals surface area contributed by atoms with E-state index in [0.29, 0.717) is 11.5 Å². The summed E-state index contributed by atoms with van der Waals surface area (Å²) in [5.74, 6) is 1.37. The smallest absolute Gasteiger partial charge is 0.853 e. The molecule has 2 unspecified atom stereocenters. The van der Waals surface area contributed by atoms with Gasteiger partial charge in [-0.05, 0) is 58.4 Å². The third-order valence-corrected chi connectivity index (χ3v) is 19.4. The van der Waals surface area contributed by atoms with Gasteiger partial charge in [0.25, 0.3) is 0 Å². The van der Waals surface area contributed by atoms with Crippen molar-refractivity contribution in [2.75, 3.05) is 11.5 Å². The van der Waals surface area contributed by atoms with E-state index in [1.165, 1.54) is 64.2 Å². The van der Waals surface area contributed by atoms with Gasteiger partial charge in [0.05, 0.1) is 0 Å². The molecule has 0 aliphatic carbocycles. The fourth-order valence-electron chi connectivity index (χ4n) is 4.26. The average Bonchev–Trinajstić information content (AvgIpc) is 2.92. The van der Waals surface area contributed by atoms with Crippen LogP contribution in [-0.2, 0) is 103 Å². The molecule has 0 bridgehead atoms. The monoisotopic (exact) mass is 854 g/mol. The zero-order chi connectivity index (χ0) is 29.7. The van der Waals surface area contributed by atoms with Crippen molar-refractivity contribution in [1.82, 2.24) is 0 Å². The molecule has 2 aromatic carbocycles. The molecule has 0 spiro atoms. The minimum Gasteiger partial charge on any atom is -0.853 e. The van der Waals surface area contributed by atoms with Gasteiger partial charge in [0.1, 0.15) is 0 Å². The first kappa shape index (κ1) is 49.8. The zero-order valence-electron chi connectivity index (χ0n) is 26.4. The van der Waals surface area contributed by atoms with Crippen LogP contribution in [0.2, 0.25) is 0 Å². The van der Waals surface area contributed by atoms with Crippen LogP contribution in [0, 0.1) is 0 Å². The summed E-state index contributed by atoms with van der Waals surface area (Å²) < 4.78 is 0. The Hall–Kier alpha value is 2.41. The first-order valence-corrected chi connectivity index (χ1v) is 24.0. The van der Waals surface area contributed by atoms with Gasteiger partial charge in [0, 0.05) is 0 Å². The predicted octanol–water partition coefficient (Wildman–Crippen LogP) is 6.71. The van der Waals surface area contributed by atoms with Crippen LogP contribution in [0.5, 0.6) is 0 Å². The summed E-state index contributed by atoms with van der Waals surface area (Å²) in [6.07, 6.45) is 16.7. The second-order valence-corrected chi connectivity index (χ2v) is 24.7. The first-order valence-electron chi connectivity index (χ1n) is 14.7. The number of unbranched alkanes of at least 4 members (excludes halogenated alkanes) is 12. The number of hydrogen-bond donors (Lipinski definition) is 0. The van der Waals surface area contributed by atoms with Crippen LogP contribution in [0.25, 0.3) is 0 Å². The number of rotatable bonds is 18. The molecule has 0 fully saturated rings. The molecule has 0 aliphatic rings. The normalized spacial score (nSPS) is 12.5. The molecule has 2 rings (SSSR count). The fourth-order valence-corrected chi connectivity index (χ4v) is 14.9. The second-order valence-electron chi connectivity index (χ2n) is 9.90. The molecule has 4 nitrogen and oxygen atoms in total. The van der Waals surface area contributed by atoms with Crippen molar-refractivity contribution in [2.45, 2.75) is 114 Å². The molecule has 43 heavy (non-hydrogen) atoms. The maximum Gasteiger partial charge on any atom is 2.00 e. The topological polar surface area (TPSA) is 92.2 Å². The van der Waals surface area contributed by atoms with Gasteiger partial charge in [0.2, 0.25) is 0 Å². The maximum atomic E-state index is 11.8. The summed E-state index contributed by atoms with van der Waals surface area (Å²) in [6, 6.07) is 18.8. The largest absolute Gasteiger partial charge is 2.00 e. The van der Waals surface area contributed by atoms with Crippen molar-refractivity contribution in [1.29, 1.82) is 0 Å². The molecule has 0 saturated heterocycles. The van der Waals surface area contributed by atoms with Crippen LogP contribution >= 0.6 is 11.4 Å². The summed E-state index contributed by atoms with van der Waals surface area (Å²) >= 11 is 9.47. The molecule has 0 aromatic heterocycles. The molecule has 232 valence electrons. The third-order valence-electron chi connectivity index (χ3n) is 6.45. The van der Waals surface area contributed by atoms with Crippen LogP contribution < -0.4 is 19.6 Å². The minimum absolute atomic E-state index is 0. The molecule has 0 radical (unpaired) electrons. The van der Waals surface area contributed by atoms with E-state index < -0.39 is 31.5 Å². The van der Waals surface area contributed by atoms with Crippen molar-refractivity contribution in [2.24, 2.45) is 0 Å². The number of benzene rings is 2. The molecule has 2 aromatic rings. The Kier molecular flexibility index (Phi) is 35.3. The van der Waals surface area contributed by atoms with Crippen molar-refractivity contribution >= 4 is 56.0 Å². The van der Waals surface area contributed by atoms with Crippen LogP contribution in [0.4, 0.5) is 0 Å². The Bertz CT molecular complexity index is 940. The third kappa shape index (κ3) is 25.1. The van der Waals surface area contributed by atoms with E-state index in [1.807, 2.05) is 60.7 Å².